The monoisotopic (exact) mass is 926 g/mol. The number of nitrogens with zero attached hydrogens (tertiary/aromatic N) is 2. The predicted octanol–water partition coefficient (Wildman–Crippen LogP) is -0.708. The van der Waals surface area contributed by atoms with E-state index in [0.29, 0.717) is 18.1 Å². The second-order valence-electron chi connectivity index (χ2n) is 17.4. The number of ether oxygens (including phenoxy) is 5. The van der Waals surface area contributed by atoms with Crippen molar-refractivity contribution < 1.29 is 96.8 Å². The van der Waals surface area contributed by atoms with Gasteiger partial charge in [0.25, 0.3) is 0 Å². The van der Waals surface area contributed by atoms with Crippen molar-refractivity contribution in [2.75, 3.05) is 86.0 Å². The van der Waals surface area contributed by atoms with Crippen LogP contribution in [0.1, 0.15) is 101 Å². The Balaban J connectivity index is 0. The molecular formula is C42H79BN6NaO14. The first-order valence-electron chi connectivity index (χ1n) is 21.6. The van der Waals surface area contributed by atoms with Gasteiger partial charge in [0.1, 0.15) is 11.2 Å². The van der Waals surface area contributed by atoms with Gasteiger partial charge in [-0.25, -0.2) is 29.0 Å². The summed E-state index contributed by atoms with van der Waals surface area (Å²) in [5.41, 5.74) is 6.18. The van der Waals surface area contributed by atoms with Crippen LogP contribution in [0.4, 0.5) is 9.59 Å². The van der Waals surface area contributed by atoms with Gasteiger partial charge in [0, 0.05) is 72.2 Å². The summed E-state index contributed by atoms with van der Waals surface area (Å²) in [6.45, 7) is 30.0. The normalized spacial score (nSPS) is 19.3. The number of hydrogen-bond donors (Lipinski definition) is 5. The molecule has 6 N–H and O–H groups in total. The van der Waals surface area contributed by atoms with E-state index >= 15 is 0 Å². The minimum absolute atomic E-state index is 0. The van der Waals surface area contributed by atoms with E-state index in [1.165, 1.54) is 25.6 Å². The number of nitrogens with one attached hydrogen (secondary N) is 3. The zero-order valence-corrected chi connectivity index (χ0v) is 42.6. The number of nitrogens with two attached hydrogens (primary N) is 1. The van der Waals surface area contributed by atoms with E-state index in [1.807, 2.05) is 41.5 Å². The van der Waals surface area contributed by atoms with Gasteiger partial charge in [-0.2, -0.15) is 0 Å². The minimum atomic E-state index is -0.639. The molecule has 6 heterocycles. The molecule has 2 amide bonds. The topological polar surface area (TPSA) is 248 Å². The van der Waals surface area contributed by atoms with Crippen LogP contribution in [0.15, 0.2) is 12.2 Å². The van der Waals surface area contributed by atoms with Crippen LogP contribution in [-0.2, 0) is 52.5 Å². The van der Waals surface area contributed by atoms with Crippen molar-refractivity contribution in [2.45, 2.75) is 142 Å². The third-order valence-corrected chi connectivity index (χ3v) is 9.21. The number of amides is 2. The van der Waals surface area contributed by atoms with E-state index in [9.17, 15) is 24.0 Å². The molecule has 6 fully saturated rings. The van der Waals surface area contributed by atoms with E-state index < -0.39 is 29.1 Å². The standard InChI is InChI=1S/C13H24N2O3.C10H20N2O2.C8H16N2O.C4H6O4.C4H6O.C2H3BO2.CH4O.Na/c1-13(2,3)18-12(16)14-10-4-6-15(7-5-10)11-8-17-9-11;1-10(2,3)14-9(13)12-8-4-6-11-7-5-8;9-7-1-3-10(4-2-7)8-5-11-6-8;1-3(5)7-8-4(2)6;1-4-2-5-3-4;1-2(4)5-3;1-2;/h10-11H,4-9H2,1-3H3,(H,14,16);8,11H,4-7H2,1-3H3,(H,12,13);7-8H,1-6,9H2;1-2H3;1-3H2;1H3;2H,1H3;/q;;;;;-1;;+1. The minimum Gasteiger partial charge on any atom is -0.793 e. The molecule has 0 unspecified atom stereocenters. The van der Waals surface area contributed by atoms with Crippen LogP contribution in [0, 0.1) is 0 Å². The number of carbonyl (C=O) groups is 5. The van der Waals surface area contributed by atoms with Gasteiger partial charge < -0.3 is 63.2 Å². The molecule has 0 aliphatic carbocycles. The summed E-state index contributed by atoms with van der Waals surface area (Å²) in [6.07, 6.45) is 5.69. The van der Waals surface area contributed by atoms with Crippen LogP contribution in [0.3, 0.4) is 0 Å². The molecule has 0 aromatic carbocycles. The first-order valence-corrected chi connectivity index (χ1v) is 21.6. The Kier molecular flexibility index (Phi) is 35.3. The smallest absolute Gasteiger partial charge is 0.793 e. The van der Waals surface area contributed by atoms with Gasteiger partial charge in [0.2, 0.25) is 5.97 Å². The molecule has 0 spiro atoms. The second-order valence-corrected chi connectivity index (χ2v) is 17.4. The number of rotatable bonds is 4. The number of aliphatic hydroxyl groups is 1. The number of alkyl carbamates (subject to hydrolysis) is 2. The fourth-order valence-corrected chi connectivity index (χ4v) is 5.84. The maximum Gasteiger partial charge on any atom is 1.00 e. The SMILES string of the molecule is C=C1COC1.CC(=O)OOC(C)=O.CC(C)(C)OC(=O)NC1CCN(C2COC2)CC1.CC(C)(C)OC(=O)NC1CCNCC1.CO.NC1CCN(C2COC2)CC1.[B-]OC(C)=O.[Na+]. The fourth-order valence-electron chi connectivity index (χ4n) is 5.84. The van der Waals surface area contributed by atoms with Crippen LogP contribution < -0.4 is 51.2 Å². The van der Waals surface area contributed by atoms with Crippen LogP contribution >= 0.6 is 0 Å². The summed E-state index contributed by atoms with van der Waals surface area (Å²) in [4.78, 5) is 64.8. The molecular weight excluding hydrogens is 846 g/mol. The van der Waals surface area contributed by atoms with Crippen molar-refractivity contribution in [2.24, 2.45) is 5.73 Å². The molecule has 6 saturated heterocycles. The Morgan fingerprint density at radius 2 is 1.00 bits per heavy atom. The van der Waals surface area contributed by atoms with Gasteiger partial charge in [-0.3, -0.25) is 14.6 Å². The van der Waals surface area contributed by atoms with Gasteiger partial charge in [0.15, 0.2) is 0 Å². The largest absolute Gasteiger partial charge is 1.00 e. The first-order chi connectivity index (χ1) is 29.6. The summed E-state index contributed by atoms with van der Waals surface area (Å²) < 4.78 is 29.1. The summed E-state index contributed by atoms with van der Waals surface area (Å²) in [5.74, 6) is -1.74. The average Bonchev–Trinajstić information content (AvgIpc) is 3.14. The van der Waals surface area contributed by atoms with Crippen molar-refractivity contribution >= 4 is 38.1 Å². The van der Waals surface area contributed by atoms with Gasteiger partial charge >= 0.3 is 53.7 Å². The molecule has 22 heteroatoms. The molecule has 0 atom stereocenters. The third-order valence-electron chi connectivity index (χ3n) is 9.21. The van der Waals surface area contributed by atoms with Gasteiger partial charge in [-0.05, 0) is 98.7 Å². The molecule has 0 aromatic heterocycles. The van der Waals surface area contributed by atoms with Crippen molar-refractivity contribution in [3.63, 3.8) is 0 Å². The summed E-state index contributed by atoms with van der Waals surface area (Å²) in [5, 5.41) is 16.1. The summed E-state index contributed by atoms with van der Waals surface area (Å²) in [6, 6.07) is 2.28. The number of likely N-dealkylation sites (tertiary alicyclic amines) is 2. The molecule has 0 bridgehead atoms. The predicted molar refractivity (Wildman–Crippen MR) is 236 cm³/mol. The molecule has 6 rings (SSSR count). The summed E-state index contributed by atoms with van der Waals surface area (Å²) in [7, 11) is 5.32. The van der Waals surface area contributed by atoms with E-state index in [1.54, 1.807) is 0 Å². The molecule has 6 aliphatic rings. The molecule has 0 aromatic rings. The molecule has 6 aliphatic heterocycles. The van der Waals surface area contributed by atoms with Crippen LogP contribution in [0.2, 0.25) is 0 Å². The first kappa shape index (κ1) is 63.5. The van der Waals surface area contributed by atoms with E-state index in [0.717, 1.165) is 125 Å². The van der Waals surface area contributed by atoms with Crippen LogP contribution in [-0.4, -0.2) is 180 Å². The van der Waals surface area contributed by atoms with Crippen molar-refractivity contribution in [1.29, 1.82) is 0 Å². The van der Waals surface area contributed by atoms with Crippen molar-refractivity contribution in [3.05, 3.63) is 12.2 Å². The van der Waals surface area contributed by atoms with E-state index in [2.05, 4.69) is 54.8 Å². The maximum atomic E-state index is 11.6. The zero-order chi connectivity index (χ0) is 48.0. The van der Waals surface area contributed by atoms with Crippen molar-refractivity contribution in [3.8, 4) is 0 Å². The molecule has 0 saturated carbocycles. The summed E-state index contributed by atoms with van der Waals surface area (Å²) >= 11 is 0. The quantitative estimate of drug-likeness (QED) is 0.101. The number of carbonyl (C=O) groups excluding carboxylic acids is 5. The fraction of sp³-hybridized carbons (Fsp3) is 0.833. The number of hydrogen-bond acceptors (Lipinski definition) is 18. The number of aliphatic hydroxyl groups excluding tert-OH is 1. The molecule has 64 heavy (non-hydrogen) atoms. The number of piperidine rings is 3. The Labute approximate surface area is 405 Å². The van der Waals surface area contributed by atoms with Crippen molar-refractivity contribution in [1.82, 2.24) is 25.8 Å². The zero-order valence-electron chi connectivity index (χ0n) is 40.6. The van der Waals surface area contributed by atoms with Crippen LogP contribution in [0.5, 0.6) is 0 Å². The van der Waals surface area contributed by atoms with Gasteiger partial charge in [-0.1, -0.05) is 6.58 Å². The maximum absolute atomic E-state index is 11.6. The Morgan fingerprint density at radius 3 is 1.25 bits per heavy atom. The third kappa shape index (κ3) is 34.7. The van der Waals surface area contributed by atoms with Crippen LogP contribution in [0.25, 0.3) is 0 Å². The Morgan fingerprint density at radius 1 is 0.672 bits per heavy atom. The Bertz CT molecular complexity index is 1280. The van der Waals surface area contributed by atoms with E-state index in [-0.39, 0.29) is 53.8 Å². The molecule has 20 nitrogen and oxygen atoms in total. The Hall–Kier alpha value is -2.57. The molecule has 3 radical (unpaired) electrons. The van der Waals surface area contributed by atoms with E-state index in [4.69, 9.17) is 34.5 Å². The second kappa shape index (κ2) is 35.6. The van der Waals surface area contributed by atoms with Gasteiger partial charge in [0.05, 0.1) is 51.7 Å². The van der Waals surface area contributed by atoms with Gasteiger partial charge in [-0.15, -0.1) is 0 Å². The average molecular weight is 926 g/mol. The molecule has 365 valence electrons.